The Morgan fingerprint density at radius 2 is 1.70 bits per heavy atom. The maximum atomic E-state index is 13.5. The van der Waals surface area contributed by atoms with Gasteiger partial charge in [-0.2, -0.15) is 4.39 Å². The summed E-state index contributed by atoms with van der Waals surface area (Å²) >= 11 is 0. The van der Waals surface area contributed by atoms with Gasteiger partial charge in [0.05, 0.1) is 4.92 Å². The summed E-state index contributed by atoms with van der Waals surface area (Å²) in [5, 5.41) is 10.6. The molecule has 0 unspecified atom stereocenters. The second kappa shape index (κ2) is 9.15. The molecule has 1 aromatic carbocycles. The summed E-state index contributed by atoms with van der Waals surface area (Å²) in [6, 6.07) is 3.27. The van der Waals surface area contributed by atoms with Crippen LogP contribution < -0.4 is 0 Å². The number of carbonyl (C=O) groups is 2. The highest BCUT2D eigenvalue weighted by Gasteiger charge is 2.20. The summed E-state index contributed by atoms with van der Waals surface area (Å²) in [7, 11) is 3.04. The van der Waals surface area contributed by atoms with Crippen LogP contribution in [0.5, 0.6) is 0 Å². The standard InChI is InChI=1S/C17H24FN3O6/c1-17(2,3)27-16(23)20(5)9-8-19(4)15(22)26-11-12-6-7-14(21(24)25)13(18)10-12/h6-7,10H,8-9,11H2,1-5H3. The molecule has 0 saturated heterocycles. The molecule has 1 aromatic rings. The predicted molar refractivity (Wildman–Crippen MR) is 94.7 cm³/mol. The number of benzene rings is 1. The van der Waals surface area contributed by atoms with Gasteiger partial charge >= 0.3 is 17.9 Å². The normalized spacial score (nSPS) is 10.9. The summed E-state index contributed by atoms with van der Waals surface area (Å²) in [4.78, 5) is 36.1. The monoisotopic (exact) mass is 385 g/mol. The second-order valence-corrected chi connectivity index (χ2v) is 6.92. The van der Waals surface area contributed by atoms with E-state index in [-0.39, 0.29) is 25.3 Å². The fourth-order valence-corrected chi connectivity index (χ4v) is 1.87. The van der Waals surface area contributed by atoms with E-state index in [0.29, 0.717) is 0 Å². The van der Waals surface area contributed by atoms with E-state index in [1.165, 1.54) is 22.9 Å². The van der Waals surface area contributed by atoms with E-state index in [0.717, 1.165) is 12.1 Å². The molecule has 1 rings (SSSR count). The second-order valence-electron chi connectivity index (χ2n) is 6.92. The Kier molecular flexibility index (Phi) is 7.50. The molecule has 10 heteroatoms. The molecule has 150 valence electrons. The first-order chi connectivity index (χ1) is 12.4. The van der Waals surface area contributed by atoms with Crippen molar-refractivity contribution in [3.63, 3.8) is 0 Å². The maximum Gasteiger partial charge on any atom is 0.410 e. The minimum Gasteiger partial charge on any atom is -0.445 e. The van der Waals surface area contributed by atoms with Crippen molar-refractivity contribution in [3.05, 3.63) is 39.7 Å². The molecular formula is C17H24FN3O6. The van der Waals surface area contributed by atoms with Crippen LogP contribution in [0.1, 0.15) is 26.3 Å². The summed E-state index contributed by atoms with van der Waals surface area (Å²) in [6.45, 7) is 5.45. The van der Waals surface area contributed by atoms with Gasteiger partial charge in [0.25, 0.3) is 0 Å². The highest BCUT2D eigenvalue weighted by Crippen LogP contribution is 2.18. The Morgan fingerprint density at radius 1 is 1.15 bits per heavy atom. The third kappa shape index (κ3) is 7.47. The highest BCUT2D eigenvalue weighted by atomic mass is 19.1. The van der Waals surface area contributed by atoms with Gasteiger partial charge in [0, 0.05) is 33.3 Å². The lowest BCUT2D eigenvalue weighted by Crippen LogP contribution is -2.40. The molecule has 0 aliphatic heterocycles. The van der Waals surface area contributed by atoms with Crippen molar-refractivity contribution in [1.82, 2.24) is 9.80 Å². The lowest BCUT2D eigenvalue weighted by molar-refractivity contribution is -0.387. The van der Waals surface area contributed by atoms with Gasteiger partial charge in [-0.3, -0.25) is 10.1 Å². The number of nitrogens with zero attached hydrogens (tertiary/aromatic N) is 3. The van der Waals surface area contributed by atoms with Crippen molar-refractivity contribution in [1.29, 1.82) is 0 Å². The number of likely N-dealkylation sites (N-methyl/N-ethyl adjacent to an activating group) is 2. The molecule has 0 radical (unpaired) electrons. The van der Waals surface area contributed by atoms with Crippen molar-refractivity contribution in [2.75, 3.05) is 27.2 Å². The topological polar surface area (TPSA) is 102 Å². The zero-order valence-electron chi connectivity index (χ0n) is 16.0. The van der Waals surface area contributed by atoms with Crippen LogP contribution in [-0.4, -0.2) is 59.7 Å². The summed E-state index contributed by atoms with van der Waals surface area (Å²) in [5.41, 5.74) is -0.978. The molecule has 2 amide bonds. The van der Waals surface area contributed by atoms with E-state index in [4.69, 9.17) is 9.47 Å². The molecule has 0 aliphatic rings. The van der Waals surface area contributed by atoms with Crippen LogP contribution in [0.25, 0.3) is 0 Å². The molecule has 27 heavy (non-hydrogen) atoms. The van der Waals surface area contributed by atoms with E-state index >= 15 is 0 Å². The van der Waals surface area contributed by atoms with E-state index in [2.05, 4.69) is 0 Å². The van der Waals surface area contributed by atoms with Gasteiger partial charge in [0.15, 0.2) is 0 Å². The first kappa shape index (κ1) is 22.1. The number of hydrogen-bond donors (Lipinski definition) is 0. The molecular weight excluding hydrogens is 361 g/mol. The smallest absolute Gasteiger partial charge is 0.410 e. The van der Waals surface area contributed by atoms with Crippen LogP contribution in [-0.2, 0) is 16.1 Å². The number of rotatable bonds is 6. The highest BCUT2D eigenvalue weighted by molar-refractivity contribution is 5.68. The maximum absolute atomic E-state index is 13.5. The van der Waals surface area contributed by atoms with Crippen molar-refractivity contribution in [2.24, 2.45) is 0 Å². The van der Waals surface area contributed by atoms with Crippen LogP contribution >= 0.6 is 0 Å². The first-order valence-electron chi connectivity index (χ1n) is 8.15. The summed E-state index contributed by atoms with van der Waals surface area (Å²) < 4.78 is 23.8. The average molecular weight is 385 g/mol. The summed E-state index contributed by atoms with van der Waals surface area (Å²) in [5.74, 6) is -0.999. The average Bonchev–Trinajstić information content (AvgIpc) is 2.55. The lowest BCUT2D eigenvalue weighted by atomic mass is 10.2. The minimum atomic E-state index is -0.999. The molecule has 0 N–H and O–H groups in total. The van der Waals surface area contributed by atoms with Crippen molar-refractivity contribution in [3.8, 4) is 0 Å². The first-order valence-corrected chi connectivity index (χ1v) is 8.15. The van der Waals surface area contributed by atoms with Crippen LogP contribution in [0.3, 0.4) is 0 Å². The van der Waals surface area contributed by atoms with E-state index in [1.807, 2.05) is 0 Å². The number of halogens is 1. The predicted octanol–water partition coefficient (Wildman–Crippen LogP) is 3.17. The van der Waals surface area contributed by atoms with Crippen LogP contribution in [0.4, 0.5) is 19.7 Å². The van der Waals surface area contributed by atoms with Gasteiger partial charge in [-0.1, -0.05) is 0 Å². The van der Waals surface area contributed by atoms with Crippen LogP contribution in [0, 0.1) is 15.9 Å². The Hall–Kier alpha value is -2.91. The van der Waals surface area contributed by atoms with Crippen LogP contribution in [0.2, 0.25) is 0 Å². The number of hydrogen-bond acceptors (Lipinski definition) is 6. The van der Waals surface area contributed by atoms with E-state index < -0.39 is 34.2 Å². The number of amides is 2. The molecule has 0 atom stereocenters. The molecule has 0 saturated carbocycles. The van der Waals surface area contributed by atoms with Gasteiger partial charge < -0.3 is 19.3 Å². The quantitative estimate of drug-likeness (QED) is 0.550. The Labute approximate surface area is 156 Å². The van der Waals surface area contributed by atoms with E-state index in [9.17, 15) is 24.1 Å². The molecule has 0 bridgehead atoms. The zero-order valence-corrected chi connectivity index (χ0v) is 16.0. The number of nitro benzene ring substituents is 1. The lowest BCUT2D eigenvalue weighted by Gasteiger charge is -2.26. The van der Waals surface area contributed by atoms with Gasteiger partial charge in [-0.15, -0.1) is 0 Å². The number of ether oxygens (including phenoxy) is 2. The number of nitro groups is 1. The van der Waals surface area contributed by atoms with Gasteiger partial charge in [0.2, 0.25) is 5.82 Å². The Morgan fingerprint density at radius 3 is 2.19 bits per heavy atom. The Bertz CT molecular complexity index is 704. The SMILES string of the molecule is CN(CCN(C)C(=O)OC(C)(C)C)C(=O)OCc1ccc([N+](=O)[O-])c(F)c1. The van der Waals surface area contributed by atoms with Crippen molar-refractivity contribution < 1.29 is 28.4 Å². The molecule has 0 fully saturated rings. The fraction of sp³-hybridized carbons (Fsp3) is 0.529. The van der Waals surface area contributed by atoms with Gasteiger partial charge in [0.1, 0.15) is 12.2 Å². The molecule has 0 aromatic heterocycles. The molecule has 0 spiro atoms. The van der Waals surface area contributed by atoms with Gasteiger partial charge in [-0.05, 0) is 38.5 Å². The van der Waals surface area contributed by atoms with Crippen LogP contribution in [0.15, 0.2) is 18.2 Å². The third-order valence-electron chi connectivity index (χ3n) is 3.36. The molecule has 0 aliphatic carbocycles. The largest absolute Gasteiger partial charge is 0.445 e. The zero-order chi connectivity index (χ0) is 20.8. The molecule has 0 heterocycles. The number of carbonyl (C=O) groups excluding carboxylic acids is 2. The minimum absolute atomic E-state index is 0.198. The third-order valence-corrected chi connectivity index (χ3v) is 3.36. The van der Waals surface area contributed by atoms with Gasteiger partial charge in [-0.25, -0.2) is 9.59 Å². The molecule has 9 nitrogen and oxygen atoms in total. The van der Waals surface area contributed by atoms with Crippen molar-refractivity contribution in [2.45, 2.75) is 33.0 Å². The van der Waals surface area contributed by atoms with Crippen molar-refractivity contribution >= 4 is 17.9 Å². The Balaban J connectivity index is 2.47. The fourth-order valence-electron chi connectivity index (χ4n) is 1.87. The van der Waals surface area contributed by atoms with E-state index in [1.54, 1.807) is 27.8 Å². The summed E-state index contributed by atoms with van der Waals surface area (Å²) in [6.07, 6.45) is -1.18.